The zero-order valence-electron chi connectivity index (χ0n) is 13.6. The van der Waals surface area contributed by atoms with Crippen LogP contribution in [-0.4, -0.2) is 29.8 Å². The normalized spacial score (nSPS) is 11.5. The average molecular weight is 379 g/mol. The minimum absolute atomic E-state index is 0.658. The maximum atomic E-state index is 6.31. The minimum atomic E-state index is 0.658. The Bertz CT molecular complexity index is 1280. The number of halogens is 1. The highest BCUT2D eigenvalue weighted by Crippen LogP contribution is 2.33. The maximum absolute atomic E-state index is 6.31. The van der Waals surface area contributed by atoms with Crippen LogP contribution in [0.3, 0.4) is 0 Å². The lowest BCUT2D eigenvalue weighted by atomic mass is 10.1. The molecular formula is C18H11ClN6S. The highest BCUT2D eigenvalue weighted by atomic mass is 35.5. The van der Waals surface area contributed by atoms with Gasteiger partial charge in [0.1, 0.15) is 5.01 Å². The van der Waals surface area contributed by atoms with Crippen LogP contribution in [0.15, 0.2) is 48.7 Å². The topological polar surface area (TPSA) is 68.9 Å². The molecule has 0 aliphatic rings. The van der Waals surface area contributed by atoms with Crippen molar-refractivity contribution in [2.24, 2.45) is 0 Å². The lowest BCUT2D eigenvalue weighted by Gasteiger charge is -2.04. The largest absolute Gasteiger partial charge is 0.237 e. The summed E-state index contributed by atoms with van der Waals surface area (Å²) >= 11 is 7.76. The molecule has 5 rings (SSSR count). The number of hydrogen-bond acceptors (Lipinski definition) is 6. The summed E-state index contributed by atoms with van der Waals surface area (Å²) in [5.41, 5.74) is 3.31. The zero-order valence-corrected chi connectivity index (χ0v) is 15.2. The summed E-state index contributed by atoms with van der Waals surface area (Å²) in [6.07, 6.45) is 1.74. The first kappa shape index (κ1) is 15.4. The number of aryl methyl sites for hydroxylation is 1. The lowest BCUT2D eigenvalue weighted by Crippen LogP contribution is -1.96. The number of benzene rings is 1. The van der Waals surface area contributed by atoms with Crippen molar-refractivity contribution in [2.75, 3.05) is 0 Å². The Morgan fingerprint density at radius 3 is 2.81 bits per heavy atom. The summed E-state index contributed by atoms with van der Waals surface area (Å²) in [6.45, 7) is 1.94. The van der Waals surface area contributed by atoms with Gasteiger partial charge in [0.05, 0.1) is 10.7 Å². The molecule has 0 bridgehead atoms. The Hall–Kier alpha value is -2.90. The summed E-state index contributed by atoms with van der Waals surface area (Å²) in [4.78, 5) is 9.59. The van der Waals surface area contributed by atoms with Crippen molar-refractivity contribution < 1.29 is 0 Å². The van der Waals surface area contributed by atoms with Gasteiger partial charge in [0, 0.05) is 22.7 Å². The second kappa shape index (κ2) is 5.82. The van der Waals surface area contributed by atoms with E-state index >= 15 is 0 Å². The van der Waals surface area contributed by atoms with E-state index in [1.807, 2.05) is 49.4 Å². The van der Waals surface area contributed by atoms with E-state index in [-0.39, 0.29) is 0 Å². The molecule has 4 aromatic heterocycles. The van der Waals surface area contributed by atoms with Crippen LogP contribution in [0.5, 0.6) is 0 Å². The van der Waals surface area contributed by atoms with E-state index in [0.717, 1.165) is 27.2 Å². The van der Waals surface area contributed by atoms with Gasteiger partial charge in [-0.2, -0.15) is 9.61 Å². The van der Waals surface area contributed by atoms with Gasteiger partial charge in [0.25, 0.3) is 0 Å². The predicted octanol–water partition coefficient (Wildman–Crippen LogP) is 4.42. The van der Waals surface area contributed by atoms with E-state index in [1.165, 1.54) is 11.3 Å². The fraction of sp³-hybridized carbons (Fsp3) is 0.0556. The van der Waals surface area contributed by atoms with Crippen molar-refractivity contribution in [2.45, 2.75) is 6.92 Å². The Labute approximate surface area is 157 Å². The highest BCUT2D eigenvalue weighted by molar-refractivity contribution is 7.19. The molecule has 8 heteroatoms. The number of fused-ring (bicyclic) bond motifs is 2. The second-order valence-electron chi connectivity index (χ2n) is 5.78. The van der Waals surface area contributed by atoms with Gasteiger partial charge in [-0.15, -0.1) is 10.2 Å². The zero-order chi connectivity index (χ0) is 17.7. The third-order valence-corrected chi connectivity index (χ3v) is 5.38. The van der Waals surface area contributed by atoms with Gasteiger partial charge < -0.3 is 0 Å². The van der Waals surface area contributed by atoms with Crippen molar-refractivity contribution in [3.63, 3.8) is 0 Å². The van der Waals surface area contributed by atoms with Crippen molar-refractivity contribution >= 4 is 38.9 Å². The molecule has 4 heterocycles. The van der Waals surface area contributed by atoms with E-state index in [4.69, 9.17) is 11.6 Å². The molecule has 126 valence electrons. The second-order valence-corrected chi connectivity index (χ2v) is 7.14. The maximum Gasteiger partial charge on any atom is 0.235 e. The standard InChI is InChI=1S/C18H11ClN6S/c1-10-13(9-11-5-4-8-20-15(11)21-10)16-22-23-18-25(16)24-17(26-18)12-6-2-3-7-14(12)19/h2-9H,1H3. The van der Waals surface area contributed by atoms with Crippen LogP contribution in [0.4, 0.5) is 0 Å². The van der Waals surface area contributed by atoms with Crippen LogP contribution in [0.2, 0.25) is 5.02 Å². The smallest absolute Gasteiger partial charge is 0.235 e. The molecule has 0 amide bonds. The molecule has 0 fully saturated rings. The summed E-state index contributed by atoms with van der Waals surface area (Å²) < 4.78 is 1.75. The van der Waals surface area contributed by atoms with Crippen LogP contribution < -0.4 is 0 Å². The highest BCUT2D eigenvalue weighted by Gasteiger charge is 2.18. The van der Waals surface area contributed by atoms with E-state index in [1.54, 1.807) is 10.7 Å². The van der Waals surface area contributed by atoms with Crippen LogP contribution in [0.25, 0.3) is 38.0 Å². The van der Waals surface area contributed by atoms with Crippen LogP contribution in [-0.2, 0) is 0 Å². The van der Waals surface area contributed by atoms with Gasteiger partial charge in [-0.3, -0.25) is 0 Å². The van der Waals surface area contributed by atoms with Crippen molar-refractivity contribution in [3.8, 4) is 22.0 Å². The molecule has 5 aromatic rings. The third-order valence-electron chi connectivity index (χ3n) is 4.12. The first-order valence-electron chi connectivity index (χ1n) is 7.90. The summed E-state index contributed by atoms with van der Waals surface area (Å²) in [7, 11) is 0. The van der Waals surface area contributed by atoms with Gasteiger partial charge in [-0.25, -0.2) is 9.97 Å². The molecule has 0 saturated carbocycles. The molecule has 1 aromatic carbocycles. The number of hydrogen-bond donors (Lipinski definition) is 0. The average Bonchev–Trinajstić information content (AvgIpc) is 3.22. The van der Waals surface area contributed by atoms with E-state index < -0.39 is 0 Å². The molecule has 26 heavy (non-hydrogen) atoms. The monoisotopic (exact) mass is 378 g/mol. The van der Waals surface area contributed by atoms with Crippen LogP contribution in [0, 0.1) is 6.92 Å². The van der Waals surface area contributed by atoms with Gasteiger partial charge in [-0.1, -0.05) is 41.1 Å². The summed E-state index contributed by atoms with van der Waals surface area (Å²) in [5.74, 6) is 0.658. The third kappa shape index (κ3) is 2.36. The summed E-state index contributed by atoms with van der Waals surface area (Å²) in [6, 6.07) is 13.5. The van der Waals surface area contributed by atoms with Crippen molar-refractivity contribution in [1.29, 1.82) is 0 Å². The molecule has 0 atom stereocenters. The number of aromatic nitrogens is 6. The van der Waals surface area contributed by atoms with Crippen LogP contribution in [0.1, 0.15) is 5.69 Å². The van der Waals surface area contributed by atoms with Gasteiger partial charge in [-0.05, 0) is 31.2 Å². The Kier molecular flexibility index (Phi) is 3.44. The first-order chi connectivity index (χ1) is 12.7. The Morgan fingerprint density at radius 1 is 1.04 bits per heavy atom. The molecule has 0 aliphatic heterocycles. The minimum Gasteiger partial charge on any atom is -0.237 e. The molecule has 6 nitrogen and oxygen atoms in total. The van der Waals surface area contributed by atoms with Crippen molar-refractivity contribution in [3.05, 3.63) is 59.4 Å². The van der Waals surface area contributed by atoms with Gasteiger partial charge in [0.2, 0.25) is 4.96 Å². The van der Waals surface area contributed by atoms with E-state index in [9.17, 15) is 0 Å². The number of pyridine rings is 2. The lowest BCUT2D eigenvalue weighted by molar-refractivity contribution is 0.966. The van der Waals surface area contributed by atoms with E-state index in [2.05, 4.69) is 25.3 Å². The van der Waals surface area contributed by atoms with Gasteiger partial charge >= 0.3 is 0 Å². The number of rotatable bonds is 2. The van der Waals surface area contributed by atoms with E-state index in [0.29, 0.717) is 21.5 Å². The summed E-state index contributed by atoms with van der Waals surface area (Å²) in [5, 5.41) is 15.7. The van der Waals surface area contributed by atoms with Crippen molar-refractivity contribution in [1.82, 2.24) is 29.8 Å². The fourth-order valence-corrected chi connectivity index (χ4v) is 4.01. The molecule has 0 aliphatic carbocycles. The first-order valence-corrected chi connectivity index (χ1v) is 9.10. The molecular weight excluding hydrogens is 368 g/mol. The Morgan fingerprint density at radius 2 is 1.92 bits per heavy atom. The predicted molar refractivity (Wildman–Crippen MR) is 102 cm³/mol. The van der Waals surface area contributed by atoms with Gasteiger partial charge in [0.15, 0.2) is 11.5 Å². The Balaban J connectivity index is 1.71. The molecule has 0 radical (unpaired) electrons. The molecule has 0 N–H and O–H groups in total. The SMILES string of the molecule is Cc1nc2ncccc2cc1-c1nnc2sc(-c3ccccc3Cl)nn12. The number of nitrogens with zero attached hydrogens (tertiary/aromatic N) is 6. The molecule has 0 saturated heterocycles. The fourth-order valence-electron chi connectivity index (χ4n) is 2.85. The quantitative estimate of drug-likeness (QED) is 0.454. The molecule has 0 spiro atoms. The molecule has 0 unspecified atom stereocenters. The van der Waals surface area contributed by atoms with Crippen LogP contribution >= 0.6 is 22.9 Å².